The van der Waals surface area contributed by atoms with Crippen LogP contribution in [0.15, 0.2) is 53.5 Å². The number of benzene rings is 2. The third-order valence-corrected chi connectivity index (χ3v) is 5.39. The quantitative estimate of drug-likeness (QED) is 0.386. The summed E-state index contributed by atoms with van der Waals surface area (Å²) in [4.78, 5) is 26.5. The van der Waals surface area contributed by atoms with Crippen LogP contribution >= 0.6 is 0 Å². The Hall–Kier alpha value is -3.99. The number of ether oxygens (including phenoxy) is 3. The van der Waals surface area contributed by atoms with Crippen molar-refractivity contribution in [1.82, 2.24) is 4.98 Å². The number of amides is 2. The molecule has 2 amide bonds. The van der Waals surface area contributed by atoms with Crippen molar-refractivity contribution < 1.29 is 32.2 Å². The predicted molar refractivity (Wildman–Crippen MR) is 128 cm³/mol. The first-order chi connectivity index (χ1) is 17.2. The molecule has 2 heterocycles. The number of aromatic nitrogens is 1. The Morgan fingerprint density at radius 1 is 1.14 bits per heavy atom. The molecule has 11 heteroatoms. The minimum absolute atomic E-state index is 0.00271. The summed E-state index contributed by atoms with van der Waals surface area (Å²) in [5, 5.41) is 4.78. The number of aromatic amines is 1. The van der Waals surface area contributed by atoms with Gasteiger partial charge >= 0.3 is 6.03 Å². The predicted octanol–water partition coefficient (Wildman–Crippen LogP) is 5.33. The van der Waals surface area contributed by atoms with Crippen molar-refractivity contribution in [2.45, 2.75) is 25.9 Å². The van der Waals surface area contributed by atoms with Crippen LogP contribution in [-0.4, -0.2) is 36.4 Å². The van der Waals surface area contributed by atoms with Gasteiger partial charge in [-0.1, -0.05) is 6.07 Å². The number of hydrogen-bond donors (Lipinski definition) is 3. The molecule has 0 radical (unpaired) electrons. The first-order valence-corrected chi connectivity index (χ1v) is 11.1. The smallest absolute Gasteiger partial charge is 0.323 e. The Morgan fingerprint density at radius 3 is 2.56 bits per heavy atom. The lowest BCUT2D eigenvalue weighted by atomic mass is 10.0. The van der Waals surface area contributed by atoms with E-state index in [2.05, 4.69) is 15.6 Å². The molecule has 8 nitrogen and oxygen atoms in total. The third-order valence-electron chi connectivity index (χ3n) is 5.39. The van der Waals surface area contributed by atoms with Gasteiger partial charge in [-0.2, -0.15) is 0 Å². The van der Waals surface area contributed by atoms with Gasteiger partial charge < -0.3 is 29.8 Å². The fraction of sp³-hybridized carbons (Fsp3) is 0.280. The van der Waals surface area contributed by atoms with E-state index in [1.165, 1.54) is 36.5 Å². The number of urea groups is 1. The average Bonchev–Trinajstić information content (AvgIpc) is 2.80. The van der Waals surface area contributed by atoms with Crippen molar-refractivity contribution >= 4 is 17.4 Å². The summed E-state index contributed by atoms with van der Waals surface area (Å²) >= 11 is 0. The van der Waals surface area contributed by atoms with Gasteiger partial charge in [-0.15, -0.1) is 0 Å². The van der Waals surface area contributed by atoms with Gasteiger partial charge in [0.05, 0.1) is 31.1 Å². The second-order valence-corrected chi connectivity index (χ2v) is 8.38. The van der Waals surface area contributed by atoms with E-state index in [0.717, 1.165) is 6.07 Å². The van der Waals surface area contributed by atoms with Gasteiger partial charge in [-0.3, -0.25) is 4.79 Å². The van der Waals surface area contributed by atoms with E-state index >= 15 is 0 Å². The molecule has 3 N–H and O–H groups in total. The van der Waals surface area contributed by atoms with E-state index in [1.807, 2.05) is 0 Å². The third kappa shape index (κ3) is 5.62. The maximum absolute atomic E-state index is 14.8. The lowest BCUT2D eigenvalue weighted by molar-refractivity contribution is -0.150. The number of carbonyl (C=O) groups excluding carboxylic acids is 1. The number of pyridine rings is 1. The molecule has 2 aromatic carbocycles. The van der Waals surface area contributed by atoms with Crippen molar-refractivity contribution in [1.29, 1.82) is 0 Å². The Morgan fingerprint density at radius 2 is 1.92 bits per heavy atom. The number of rotatable bonds is 8. The number of carbonyl (C=O) groups is 1. The van der Waals surface area contributed by atoms with Gasteiger partial charge in [0.15, 0.2) is 5.60 Å². The van der Waals surface area contributed by atoms with Gasteiger partial charge in [-0.05, 0) is 49.7 Å². The van der Waals surface area contributed by atoms with Crippen molar-refractivity contribution in [2.75, 3.05) is 30.5 Å². The molecule has 1 aliphatic heterocycles. The molecule has 0 aliphatic carbocycles. The molecule has 190 valence electrons. The van der Waals surface area contributed by atoms with Crippen molar-refractivity contribution in [3.8, 4) is 22.6 Å². The van der Waals surface area contributed by atoms with Crippen molar-refractivity contribution in [3.63, 3.8) is 0 Å². The van der Waals surface area contributed by atoms with Crippen LogP contribution in [0.5, 0.6) is 11.5 Å². The number of H-pyrrole nitrogens is 1. The maximum atomic E-state index is 14.8. The Bertz CT molecular complexity index is 1320. The largest absolute Gasteiger partial charge is 0.493 e. The molecule has 1 aromatic heterocycles. The first-order valence-electron chi connectivity index (χ1n) is 11.1. The maximum Gasteiger partial charge on any atom is 0.323 e. The molecule has 1 aliphatic rings. The summed E-state index contributed by atoms with van der Waals surface area (Å²) in [6, 6.07) is 8.36. The lowest BCUT2D eigenvalue weighted by Gasteiger charge is -2.38. The van der Waals surface area contributed by atoms with Gasteiger partial charge in [0, 0.05) is 23.5 Å². The molecule has 0 bridgehead atoms. The highest BCUT2D eigenvalue weighted by molar-refractivity contribution is 6.00. The Labute approximate surface area is 204 Å². The second-order valence-electron chi connectivity index (χ2n) is 8.38. The number of anilines is 2. The number of hydrogen-bond acceptors (Lipinski definition) is 5. The van der Waals surface area contributed by atoms with Crippen LogP contribution in [0.2, 0.25) is 0 Å². The van der Waals surface area contributed by atoms with Gasteiger partial charge in [0.25, 0.3) is 12.0 Å². The zero-order chi connectivity index (χ0) is 25.9. The van der Waals surface area contributed by atoms with E-state index in [4.69, 9.17) is 14.2 Å². The number of nitrogens with one attached hydrogen (secondary N) is 3. The highest BCUT2D eigenvalue weighted by Gasteiger charge is 2.36. The van der Waals surface area contributed by atoms with Gasteiger partial charge in [0.2, 0.25) is 0 Å². The molecule has 0 unspecified atom stereocenters. The minimum atomic E-state index is -2.84. The summed E-state index contributed by atoms with van der Waals surface area (Å²) in [7, 11) is 0. The topological polar surface area (TPSA) is 102 Å². The molecular formula is C25H24F3N3O5. The molecule has 0 spiro atoms. The van der Waals surface area contributed by atoms with E-state index in [-0.39, 0.29) is 41.5 Å². The Balaban J connectivity index is 1.47. The summed E-state index contributed by atoms with van der Waals surface area (Å²) < 4.78 is 58.2. The SMILES string of the molecule is CCOc1cc(=O)[nH]cc1-c1ccc(NC(=O)Nc2ccc(OC3(C)COC3)c(C(F)F)c2)c(F)c1. The van der Waals surface area contributed by atoms with Crippen molar-refractivity contribution in [3.05, 3.63) is 70.4 Å². The van der Waals surface area contributed by atoms with E-state index in [9.17, 15) is 22.8 Å². The average molecular weight is 503 g/mol. The van der Waals surface area contributed by atoms with Crippen LogP contribution in [0.25, 0.3) is 11.1 Å². The monoisotopic (exact) mass is 503 g/mol. The molecule has 36 heavy (non-hydrogen) atoms. The molecule has 0 atom stereocenters. The van der Waals surface area contributed by atoms with E-state index in [0.29, 0.717) is 23.5 Å². The molecule has 4 rings (SSSR count). The highest BCUT2D eigenvalue weighted by atomic mass is 19.3. The summed E-state index contributed by atoms with van der Waals surface area (Å²) in [5.41, 5.74) is -0.599. The lowest BCUT2D eigenvalue weighted by Crippen LogP contribution is -2.51. The Kier molecular flexibility index (Phi) is 7.20. The molecular weight excluding hydrogens is 479 g/mol. The van der Waals surface area contributed by atoms with Crippen LogP contribution < -0.4 is 25.7 Å². The summed E-state index contributed by atoms with van der Waals surface area (Å²) in [6.07, 6.45) is -1.43. The van der Waals surface area contributed by atoms with Crippen LogP contribution in [0.3, 0.4) is 0 Å². The zero-order valence-corrected chi connectivity index (χ0v) is 19.5. The highest BCUT2D eigenvalue weighted by Crippen LogP contribution is 2.35. The number of alkyl halides is 2. The van der Waals surface area contributed by atoms with Crippen molar-refractivity contribution in [2.24, 2.45) is 0 Å². The molecule has 0 saturated carbocycles. The second kappa shape index (κ2) is 10.3. The van der Waals surface area contributed by atoms with Crippen LogP contribution in [-0.2, 0) is 4.74 Å². The minimum Gasteiger partial charge on any atom is -0.493 e. The number of halogens is 3. The fourth-order valence-corrected chi connectivity index (χ4v) is 3.63. The fourth-order valence-electron chi connectivity index (χ4n) is 3.63. The van der Waals surface area contributed by atoms with Gasteiger partial charge in [0.1, 0.15) is 17.3 Å². The van der Waals surface area contributed by atoms with Gasteiger partial charge in [-0.25, -0.2) is 18.0 Å². The van der Waals surface area contributed by atoms with E-state index in [1.54, 1.807) is 19.9 Å². The summed E-state index contributed by atoms with van der Waals surface area (Å²) in [5.74, 6) is -0.457. The normalized spacial score (nSPS) is 14.2. The molecule has 1 saturated heterocycles. The molecule has 3 aromatic rings. The van der Waals surface area contributed by atoms with E-state index < -0.39 is 23.9 Å². The zero-order valence-electron chi connectivity index (χ0n) is 19.5. The van der Waals surface area contributed by atoms with Crippen LogP contribution in [0.4, 0.5) is 29.3 Å². The summed E-state index contributed by atoms with van der Waals surface area (Å²) in [6.45, 7) is 4.40. The van der Waals surface area contributed by atoms with Crippen LogP contribution in [0.1, 0.15) is 25.8 Å². The first kappa shape index (κ1) is 25.1. The standard InChI is InChI=1S/C25H24F3N3O5/c1-3-35-21-10-22(32)29-11-17(21)14-4-6-19(18(26)8-14)31-24(33)30-15-5-7-20(16(9-15)23(27)28)36-25(2)12-34-13-25/h4-11,23H,3,12-13H2,1-2H3,(H,29,32)(H2,30,31,33). The molecule has 1 fully saturated rings. The van der Waals surface area contributed by atoms with Crippen LogP contribution in [0, 0.1) is 5.82 Å².